The number of ether oxygens (including phenoxy) is 4. The Morgan fingerprint density at radius 2 is 0.857 bits per heavy atom. The highest BCUT2D eigenvalue weighted by atomic mass is 16.7. The van der Waals surface area contributed by atoms with E-state index in [0.717, 1.165) is 77.0 Å². The largest absolute Gasteiger partial charge is 0.394 e. The van der Waals surface area contributed by atoms with E-state index in [1.165, 1.54) is 154 Å². The molecule has 2 fully saturated rings. The van der Waals surface area contributed by atoms with Crippen molar-refractivity contribution < 1.29 is 64.6 Å². The normalized spacial score (nSPS) is 24.9. The minimum Gasteiger partial charge on any atom is -0.394 e. The maximum atomic E-state index is 13.3. The van der Waals surface area contributed by atoms with Crippen LogP contribution in [0.25, 0.3) is 0 Å². The molecule has 452 valence electrons. The van der Waals surface area contributed by atoms with Gasteiger partial charge in [0.2, 0.25) is 5.91 Å². The van der Waals surface area contributed by atoms with E-state index < -0.39 is 86.8 Å². The van der Waals surface area contributed by atoms with Gasteiger partial charge >= 0.3 is 0 Å². The SMILES string of the molecule is CCCCCCC/C=C\C/C=C\C/C=C\CCCCCCCCC(=O)NC(COC1OC(CO)C(OC2OC(CO)C(O)C(O)C2O)C(O)C1O)C(O)CCCCCCCCCCCCCCCCCCCCCCCC. The summed E-state index contributed by atoms with van der Waals surface area (Å²) in [7, 11) is 0. The summed E-state index contributed by atoms with van der Waals surface area (Å²) in [6.45, 7) is 2.87. The van der Waals surface area contributed by atoms with Gasteiger partial charge in [-0.2, -0.15) is 0 Å². The lowest BCUT2D eigenvalue weighted by Crippen LogP contribution is -2.65. The monoisotopic (exact) mass is 1100 g/mol. The summed E-state index contributed by atoms with van der Waals surface area (Å²) in [5.41, 5.74) is 0. The van der Waals surface area contributed by atoms with Crippen LogP contribution in [-0.2, 0) is 23.7 Å². The number of nitrogens with one attached hydrogen (secondary N) is 1. The number of rotatable bonds is 51. The van der Waals surface area contributed by atoms with Crippen molar-refractivity contribution in [3.05, 3.63) is 36.5 Å². The predicted octanol–water partition coefficient (Wildman–Crippen LogP) is 11.4. The van der Waals surface area contributed by atoms with E-state index in [1.54, 1.807) is 0 Å². The molecule has 0 aromatic rings. The summed E-state index contributed by atoms with van der Waals surface area (Å²) in [5, 5.41) is 87.4. The number of aliphatic hydroxyl groups is 8. The van der Waals surface area contributed by atoms with Crippen LogP contribution in [0.1, 0.15) is 264 Å². The first kappa shape index (κ1) is 71.3. The van der Waals surface area contributed by atoms with E-state index >= 15 is 0 Å². The van der Waals surface area contributed by atoms with Crippen molar-refractivity contribution in [3.8, 4) is 0 Å². The average Bonchev–Trinajstić information content (AvgIpc) is 3.44. The number of carbonyl (C=O) groups excluding carboxylic acids is 1. The zero-order chi connectivity index (χ0) is 56.0. The first-order valence-electron chi connectivity index (χ1n) is 31.7. The number of hydrogen-bond donors (Lipinski definition) is 9. The van der Waals surface area contributed by atoms with E-state index in [1.807, 2.05) is 0 Å². The van der Waals surface area contributed by atoms with Gasteiger partial charge in [-0.15, -0.1) is 0 Å². The van der Waals surface area contributed by atoms with Crippen LogP contribution in [-0.4, -0.2) is 140 Å². The lowest BCUT2D eigenvalue weighted by Gasteiger charge is -2.46. The zero-order valence-corrected chi connectivity index (χ0v) is 48.7. The number of allylic oxidation sites excluding steroid dienone is 6. The highest BCUT2D eigenvalue weighted by Crippen LogP contribution is 2.30. The quantitative estimate of drug-likeness (QED) is 0.0204. The Morgan fingerprint density at radius 1 is 0.468 bits per heavy atom. The molecule has 2 aliphatic heterocycles. The minimum absolute atomic E-state index is 0.217. The van der Waals surface area contributed by atoms with Crippen LogP contribution >= 0.6 is 0 Å². The molecule has 9 N–H and O–H groups in total. The molecule has 0 aromatic heterocycles. The number of carbonyl (C=O) groups is 1. The van der Waals surface area contributed by atoms with Crippen molar-refractivity contribution in [2.75, 3.05) is 19.8 Å². The highest BCUT2D eigenvalue weighted by Gasteiger charge is 2.51. The predicted molar refractivity (Wildman–Crippen MR) is 309 cm³/mol. The standard InChI is InChI=1S/C63H117NO13/c1-3-5-7-9-11-13-15-17-19-21-23-25-27-28-30-32-34-36-38-40-42-44-46-52(67)51(50-74-62-60(73)58(71)61(54(49-66)76-62)77-63-59(72)57(70)56(69)53(48-65)75-63)64-55(68)47-45-43-41-39-37-35-33-31-29-26-24-22-20-18-16-14-12-10-8-6-4-2/h16,18,22,24,29,31,51-54,56-63,65-67,69-73H,3-15,17,19-21,23,25-28,30,32-50H2,1-2H3,(H,64,68)/b18-16-,24-22-,31-29-. The van der Waals surface area contributed by atoms with Crippen molar-refractivity contribution in [1.82, 2.24) is 5.32 Å². The molecule has 0 aromatic carbocycles. The Balaban J connectivity index is 1.74. The molecule has 0 bridgehead atoms. The van der Waals surface area contributed by atoms with E-state index in [4.69, 9.17) is 18.9 Å². The fourth-order valence-electron chi connectivity index (χ4n) is 10.5. The molecule has 0 radical (unpaired) electrons. The van der Waals surface area contributed by atoms with Gasteiger partial charge in [0.1, 0.15) is 48.8 Å². The van der Waals surface area contributed by atoms with Crippen LogP contribution in [0.15, 0.2) is 36.5 Å². The topological polar surface area (TPSA) is 228 Å². The van der Waals surface area contributed by atoms with Gasteiger partial charge < -0.3 is 65.1 Å². The Morgan fingerprint density at radius 3 is 1.31 bits per heavy atom. The van der Waals surface area contributed by atoms with E-state index in [9.17, 15) is 45.6 Å². The van der Waals surface area contributed by atoms with Crippen molar-refractivity contribution >= 4 is 5.91 Å². The maximum absolute atomic E-state index is 13.3. The second-order valence-corrected chi connectivity index (χ2v) is 22.5. The van der Waals surface area contributed by atoms with E-state index in [2.05, 4.69) is 55.6 Å². The Hall–Kier alpha value is -1.79. The molecule has 12 unspecified atom stereocenters. The molecule has 14 heteroatoms. The number of hydrogen-bond acceptors (Lipinski definition) is 13. The van der Waals surface area contributed by atoms with Gasteiger partial charge in [0.25, 0.3) is 0 Å². The molecule has 77 heavy (non-hydrogen) atoms. The summed E-state index contributed by atoms with van der Waals surface area (Å²) < 4.78 is 22.9. The summed E-state index contributed by atoms with van der Waals surface area (Å²) in [6, 6.07) is -0.837. The Bertz CT molecular complexity index is 1430. The second-order valence-electron chi connectivity index (χ2n) is 22.5. The van der Waals surface area contributed by atoms with Crippen molar-refractivity contribution in [3.63, 3.8) is 0 Å². The van der Waals surface area contributed by atoms with Gasteiger partial charge in [-0.3, -0.25) is 4.79 Å². The molecule has 2 heterocycles. The van der Waals surface area contributed by atoms with Gasteiger partial charge in [0.15, 0.2) is 12.6 Å². The minimum atomic E-state index is -1.78. The molecule has 2 aliphatic rings. The van der Waals surface area contributed by atoms with Gasteiger partial charge in [0.05, 0.1) is 32.0 Å². The molecular formula is C63H117NO13. The molecular weight excluding hydrogens is 979 g/mol. The molecule has 12 atom stereocenters. The smallest absolute Gasteiger partial charge is 0.220 e. The lowest BCUT2D eigenvalue weighted by molar-refractivity contribution is -0.359. The summed E-state index contributed by atoms with van der Waals surface area (Å²) in [6.07, 6.45) is 42.8. The number of aliphatic hydroxyl groups excluding tert-OH is 8. The third-order valence-electron chi connectivity index (χ3n) is 15.6. The number of unbranched alkanes of at least 4 members (excludes halogenated alkanes) is 32. The Kier molecular flexibility index (Phi) is 45.3. The Labute approximate surface area is 468 Å². The zero-order valence-electron chi connectivity index (χ0n) is 48.7. The molecule has 0 aliphatic carbocycles. The third-order valence-corrected chi connectivity index (χ3v) is 15.6. The van der Waals surface area contributed by atoms with E-state index in [0.29, 0.717) is 19.3 Å². The third kappa shape index (κ3) is 34.3. The van der Waals surface area contributed by atoms with Crippen molar-refractivity contribution in [2.45, 2.75) is 338 Å². The fourth-order valence-corrected chi connectivity index (χ4v) is 10.5. The van der Waals surface area contributed by atoms with Gasteiger partial charge in [-0.05, 0) is 51.4 Å². The lowest BCUT2D eigenvalue weighted by atomic mass is 9.97. The summed E-state index contributed by atoms with van der Waals surface area (Å²) in [5.74, 6) is -0.217. The second kappa shape index (κ2) is 48.9. The van der Waals surface area contributed by atoms with Crippen molar-refractivity contribution in [2.24, 2.45) is 0 Å². The van der Waals surface area contributed by atoms with Crippen LogP contribution in [0, 0.1) is 0 Å². The summed E-state index contributed by atoms with van der Waals surface area (Å²) >= 11 is 0. The van der Waals surface area contributed by atoms with Gasteiger partial charge in [-0.25, -0.2) is 0 Å². The number of amides is 1. The first-order valence-corrected chi connectivity index (χ1v) is 31.7. The van der Waals surface area contributed by atoms with Crippen LogP contribution < -0.4 is 5.32 Å². The van der Waals surface area contributed by atoms with Crippen molar-refractivity contribution in [1.29, 1.82) is 0 Å². The van der Waals surface area contributed by atoms with Crippen LogP contribution in [0.3, 0.4) is 0 Å². The molecule has 2 rings (SSSR count). The molecule has 0 saturated carbocycles. The summed E-state index contributed by atoms with van der Waals surface area (Å²) in [4.78, 5) is 13.3. The van der Waals surface area contributed by atoms with E-state index in [-0.39, 0.29) is 12.5 Å². The maximum Gasteiger partial charge on any atom is 0.220 e. The van der Waals surface area contributed by atoms with Gasteiger partial charge in [-0.1, -0.05) is 243 Å². The van der Waals surface area contributed by atoms with Crippen LogP contribution in [0.4, 0.5) is 0 Å². The fraction of sp³-hybridized carbons (Fsp3) is 0.889. The highest BCUT2D eigenvalue weighted by molar-refractivity contribution is 5.76. The molecule has 14 nitrogen and oxygen atoms in total. The first-order chi connectivity index (χ1) is 37.6. The molecule has 0 spiro atoms. The molecule has 2 saturated heterocycles. The molecule has 1 amide bonds. The van der Waals surface area contributed by atoms with Crippen LogP contribution in [0.5, 0.6) is 0 Å². The van der Waals surface area contributed by atoms with Crippen LogP contribution in [0.2, 0.25) is 0 Å². The van der Waals surface area contributed by atoms with Gasteiger partial charge in [0, 0.05) is 6.42 Å². The average molecular weight is 1100 g/mol.